The van der Waals surface area contributed by atoms with Crippen LogP contribution < -0.4 is 4.74 Å². The van der Waals surface area contributed by atoms with Gasteiger partial charge in [0.25, 0.3) is 0 Å². The Balaban J connectivity index is 2.27. The van der Waals surface area contributed by atoms with Gasteiger partial charge in [-0.15, -0.1) is 0 Å². The lowest BCUT2D eigenvalue weighted by Gasteiger charge is -2.08. The first-order chi connectivity index (χ1) is 10.5. The molecule has 0 atom stereocenters. The van der Waals surface area contributed by atoms with Crippen LogP contribution in [0.5, 0.6) is 5.75 Å². The molecule has 1 heterocycles. The molecule has 0 aliphatic rings. The fourth-order valence-electron chi connectivity index (χ4n) is 1.92. The first-order valence-corrected chi connectivity index (χ1v) is 6.54. The molecular formula is C14H17N5O3. The van der Waals surface area contributed by atoms with Crippen LogP contribution in [0.1, 0.15) is 11.3 Å². The summed E-state index contributed by atoms with van der Waals surface area (Å²) in [5.74, 6) is 0.244. The molecule has 1 aromatic heterocycles. The molecule has 0 radical (unpaired) electrons. The summed E-state index contributed by atoms with van der Waals surface area (Å²) in [5, 5.41) is 16.9. The SMILES string of the molecule is COc1ccc(Cn2cncc2/C=N\N(C)C)cc1[N+](=O)[O-]. The Morgan fingerprint density at radius 2 is 2.27 bits per heavy atom. The van der Waals surface area contributed by atoms with Crippen molar-refractivity contribution in [1.29, 1.82) is 0 Å². The van der Waals surface area contributed by atoms with Gasteiger partial charge < -0.3 is 14.3 Å². The van der Waals surface area contributed by atoms with Crippen LogP contribution in [0.4, 0.5) is 5.69 Å². The zero-order valence-corrected chi connectivity index (χ0v) is 12.6. The smallest absolute Gasteiger partial charge is 0.311 e. The molecule has 0 spiro atoms. The Kier molecular flexibility index (Phi) is 4.72. The van der Waals surface area contributed by atoms with E-state index < -0.39 is 4.92 Å². The van der Waals surface area contributed by atoms with Gasteiger partial charge in [0, 0.05) is 26.7 Å². The number of nitro groups is 1. The molecule has 22 heavy (non-hydrogen) atoms. The van der Waals surface area contributed by atoms with Crippen LogP contribution in [0.3, 0.4) is 0 Å². The highest BCUT2D eigenvalue weighted by Gasteiger charge is 2.15. The fraction of sp³-hybridized carbons (Fsp3) is 0.286. The van der Waals surface area contributed by atoms with Crippen molar-refractivity contribution in [1.82, 2.24) is 14.6 Å². The number of imidazole rings is 1. The van der Waals surface area contributed by atoms with Crippen molar-refractivity contribution in [3.8, 4) is 5.75 Å². The third kappa shape index (κ3) is 3.60. The maximum atomic E-state index is 11.1. The molecule has 0 amide bonds. The van der Waals surface area contributed by atoms with Gasteiger partial charge in [-0.1, -0.05) is 6.07 Å². The van der Waals surface area contributed by atoms with E-state index in [0.717, 1.165) is 11.3 Å². The lowest BCUT2D eigenvalue weighted by Crippen LogP contribution is -2.06. The third-order valence-electron chi connectivity index (χ3n) is 2.96. The number of hydrogen-bond acceptors (Lipinski definition) is 6. The molecule has 0 bridgehead atoms. The number of rotatable bonds is 6. The number of hydrazone groups is 1. The highest BCUT2D eigenvalue weighted by Crippen LogP contribution is 2.27. The summed E-state index contributed by atoms with van der Waals surface area (Å²) in [6.07, 6.45) is 5.03. The summed E-state index contributed by atoms with van der Waals surface area (Å²) in [6, 6.07) is 4.89. The van der Waals surface area contributed by atoms with Crippen LogP contribution in [-0.2, 0) is 6.54 Å². The van der Waals surface area contributed by atoms with E-state index in [1.807, 2.05) is 18.7 Å². The first kappa shape index (κ1) is 15.5. The second-order valence-electron chi connectivity index (χ2n) is 4.80. The van der Waals surface area contributed by atoms with E-state index >= 15 is 0 Å². The average molecular weight is 303 g/mol. The molecule has 8 heteroatoms. The van der Waals surface area contributed by atoms with Crippen molar-refractivity contribution in [2.45, 2.75) is 6.54 Å². The van der Waals surface area contributed by atoms with E-state index in [0.29, 0.717) is 6.54 Å². The minimum Gasteiger partial charge on any atom is -0.490 e. The molecule has 0 aliphatic heterocycles. The second-order valence-corrected chi connectivity index (χ2v) is 4.80. The van der Waals surface area contributed by atoms with Crippen molar-refractivity contribution >= 4 is 11.9 Å². The van der Waals surface area contributed by atoms with Crippen molar-refractivity contribution in [3.05, 3.63) is 52.1 Å². The van der Waals surface area contributed by atoms with Crippen LogP contribution in [0.2, 0.25) is 0 Å². The van der Waals surface area contributed by atoms with Crippen molar-refractivity contribution in [2.24, 2.45) is 5.10 Å². The summed E-state index contributed by atoms with van der Waals surface area (Å²) >= 11 is 0. The summed E-state index contributed by atoms with van der Waals surface area (Å²) in [4.78, 5) is 14.7. The van der Waals surface area contributed by atoms with Crippen molar-refractivity contribution < 1.29 is 9.66 Å². The van der Waals surface area contributed by atoms with Gasteiger partial charge in [0.1, 0.15) is 0 Å². The third-order valence-corrected chi connectivity index (χ3v) is 2.96. The largest absolute Gasteiger partial charge is 0.490 e. The van der Waals surface area contributed by atoms with Crippen LogP contribution in [0, 0.1) is 10.1 Å². The number of nitro benzene ring substituents is 1. The minimum absolute atomic E-state index is 0.0522. The van der Waals surface area contributed by atoms with E-state index in [1.165, 1.54) is 13.2 Å². The van der Waals surface area contributed by atoms with Gasteiger partial charge in [0.05, 0.1) is 36.5 Å². The Bertz CT molecular complexity index is 694. The highest BCUT2D eigenvalue weighted by molar-refractivity contribution is 5.76. The van der Waals surface area contributed by atoms with Crippen LogP contribution in [0.25, 0.3) is 0 Å². The molecule has 0 saturated carbocycles. The summed E-state index contributed by atoms with van der Waals surface area (Å²) in [7, 11) is 5.06. The predicted octanol–water partition coefficient (Wildman–Crippen LogP) is 1.74. The maximum absolute atomic E-state index is 11.1. The zero-order valence-electron chi connectivity index (χ0n) is 12.6. The molecule has 0 unspecified atom stereocenters. The quantitative estimate of drug-likeness (QED) is 0.461. The monoisotopic (exact) mass is 303 g/mol. The van der Waals surface area contributed by atoms with Gasteiger partial charge in [-0.2, -0.15) is 5.10 Å². The van der Waals surface area contributed by atoms with E-state index in [-0.39, 0.29) is 11.4 Å². The maximum Gasteiger partial charge on any atom is 0.311 e. The van der Waals surface area contributed by atoms with Crippen molar-refractivity contribution in [2.75, 3.05) is 21.2 Å². The van der Waals surface area contributed by atoms with Gasteiger partial charge in [0.15, 0.2) is 5.75 Å². The highest BCUT2D eigenvalue weighted by atomic mass is 16.6. The lowest BCUT2D eigenvalue weighted by molar-refractivity contribution is -0.385. The topological polar surface area (TPSA) is 85.8 Å². The normalized spacial score (nSPS) is 10.9. The number of aromatic nitrogens is 2. The Labute approximate surface area is 127 Å². The number of hydrogen-bond donors (Lipinski definition) is 0. The summed E-state index contributed by atoms with van der Waals surface area (Å²) < 4.78 is 6.86. The molecule has 0 N–H and O–H groups in total. The van der Waals surface area contributed by atoms with E-state index in [9.17, 15) is 10.1 Å². The van der Waals surface area contributed by atoms with E-state index in [1.54, 1.807) is 35.9 Å². The zero-order chi connectivity index (χ0) is 16.1. The first-order valence-electron chi connectivity index (χ1n) is 6.54. The van der Waals surface area contributed by atoms with Crippen LogP contribution >= 0.6 is 0 Å². The van der Waals surface area contributed by atoms with Gasteiger partial charge >= 0.3 is 5.69 Å². The molecule has 1 aromatic carbocycles. The standard InChI is InChI=1S/C14H17N5O3/c1-17(2)16-8-12-7-15-10-18(12)9-11-4-5-14(22-3)13(6-11)19(20)21/h4-8,10H,9H2,1-3H3/b16-8-. The van der Waals surface area contributed by atoms with Crippen LogP contribution in [0.15, 0.2) is 35.8 Å². The van der Waals surface area contributed by atoms with Crippen molar-refractivity contribution in [3.63, 3.8) is 0 Å². The lowest BCUT2D eigenvalue weighted by atomic mass is 10.2. The minimum atomic E-state index is -0.454. The molecule has 0 aliphatic carbocycles. The predicted molar refractivity (Wildman–Crippen MR) is 82.3 cm³/mol. The number of ether oxygens (including phenoxy) is 1. The van der Waals surface area contributed by atoms with E-state index in [4.69, 9.17) is 4.74 Å². The molecule has 2 aromatic rings. The van der Waals surface area contributed by atoms with Gasteiger partial charge in [-0.3, -0.25) is 10.1 Å². The fourth-order valence-corrected chi connectivity index (χ4v) is 1.92. The Hall–Kier alpha value is -2.90. The number of benzene rings is 1. The Morgan fingerprint density at radius 1 is 1.50 bits per heavy atom. The van der Waals surface area contributed by atoms with Gasteiger partial charge in [0.2, 0.25) is 0 Å². The average Bonchev–Trinajstić information content (AvgIpc) is 2.92. The Morgan fingerprint density at radius 3 is 2.91 bits per heavy atom. The molecular weight excluding hydrogens is 286 g/mol. The molecule has 8 nitrogen and oxygen atoms in total. The molecule has 2 rings (SSSR count). The number of methoxy groups -OCH3 is 1. The van der Waals surface area contributed by atoms with Gasteiger partial charge in [-0.05, 0) is 11.6 Å². The molecule has 116 valence electrons. The summed E-state index contributed by atoms with van der Waals surface area (Å²) in [6.45, 7) is 0.458. The van der Waals surface area contributed by atoms with E-state index in [2.05, 4.69) is 10.1 Å². The number of nitrogens with zero attached hydrogens (tertiary/aromatic N) is 5. The van der Waals surface area contributed by atoms with Gasteiger partial charge in [-0.25, -0.2) is 4.98 Å². The molecule has 0 saturated heterocycles. The van der Waals surface area contributed by atoms with Crippen LogP contribution in [-0.4, -0.2) is 46.9 Å². The molecule has 0 fully saturated rings. The second kappa shape index (κ2) is 6.70. The summed E-state index contributed by atoms with van der Waals surface area (Å²) in [5.41, 5.74) is 1.54.